The number of aryl methyl sites for hydroxylation is 2. The van der Waals surface area contributed by atoms with E-state index < -0.39 is 0 Å². The highest BCUT2D eigenvalue weighted by Crippen LogP contribution is 2.23. The van der Waals surface area contributed by atoms with E-state index in [0.717, 1.165) is 34.3 Å². The van der Waals surface area contributed by atoms with Crippen LogP contribution in [0.5, 0.6) is 0 Å². The number of nitrogens with zero attached hydrogens (tertiary/aromatic N) is 3. The maximum Gasteiger partial charge on any atom is 0.0749 e. The Bertz CT molecular complexity index is 740. The molecular formula is C16H18N4. The molecule has 0 bridgehead atoms. The van der Waals surface area contributed by atoms with Gasteiger partial charge in [0.2, 0.25) is 0 Å². The Labute approximate surface area is 118 Å². The van der Waals surface area contributed by atoms with Crippen molar-refractivity contribution < 1.29 is 0 Å². The van der Waals surface area contributed by atoms with Gasteiger partial charge < -0.3 is 5.73 Å². The van der Waals surface area contributed by atoms with Crippen LogP contribution in [-0.2, 0) is 13.5 Å². The van der Waals surface area contributed by atoms with E-state index in [-0.39, 0.29) is 6.04 Å². The van der Waals surface area contributed by atoms with Gasteiger partial charge >= 0.3 is 0 Å². The largest absolute Gasteiger partial charge is 0.324 e. The van der Waals surface area contributed by atoms with Crippen LogP contribution in [0, 0.1) is 6.92 Å². The van der Waals surface area contributed by atoms with Gasteiger partial charge in [0.25, 0.3) is 0 Å². The maximum absolute atomic E-state index is 6.39. The molecule has 20 heavy (non-hydrogen) atoms. The standard InChI is InChI=1S/C16H18N4/c1-11-9-13(20(2)19-11)10-15(17)14-7-3-5-12-6-4-8-18-16(12)14/h3-9,15H,10,17H2,1-2H3. The molecule has 1 unspecified atom stereocenters. The zero-order chi connectivity index (χ0) is 14.1. The highest BCUT2D eigenvalue weighted by Gasteiger charge is 2.13. The first-order chi connectivity index (χ1) is 9.65. The van der Waals surface area contributed by atoms with Gasteiger partial charge in [0, 0.05) is 36.8 Å². The van der Waals surface area contributed by atoms with Crippen molar-refractivity contribution >= 4 is 10.9 Å². The topological polar surface area (TPSA) is 56.7 Å². The zero-order valence-electron chi connectivity index (χ0n) is 11.7. The molecule has 0 aliphatic rings. The number of nitrogens with two attached hydrogens (primary N) is 1. The van der Waals surface area contributed by atoms with Crippen LogP contribution < -0.4 is 5.73 Å². The highest BCUT2D eigenvalue weighted by molar-refractivity contribution is 5.82. The Morgan fingerprint density at radius 3 is 2.80 bits per heavy atom. The van der Waals surface area contributed by atoms with E-state index in [0.29, 0.717) is 0 Å². The van der Waals surface area contributed by atoms with Crippen LogP contribution >= 0.6 is 0 Å². The quantitative estimate of drug-likeness (QED) is 0.792. The number of para-hydroxylation sites is 1. The minimum atomic E-state index is -0.0802. The summed E-state index contributed by atoms with van der Waals surface area (Å²) in [4.78, 5) is 4.47. The van der Waals surface area contributed by atoms with Gasteiger partial charge in [-0.25, -0.2) is 0 Å². The second-order valence-corrected chi connectivity index (χ2v) is 5.13. The lowest BCUT2D eigenvalue weighted by molar-refractivity contribution is 0.641. The van der Waals surface area contributed by atoms with Gasteiger partial charge in [-0.2, -0.15) is 5.10 Å². The van der Waals surface area contributed by atoms with Crippen molar-refractivity contribution in [3.63, 3.8) is 0 Å². The molecule has 4 nitrogen and oxygen atoms in total. The summed E-state index contributed by atoms with van der Waals surface area (Å²) in [6.07, 6.45) is 2.57. The van der Waals surface area contributed by atoms with Crippen LogP contribution in [0.1, 0.15) is 23.0 Å². The Kier molecular flexibility index (Phi) is 3.24. The second-order valence-electron chi connectivity index (χ2n) is 5.13. The van der Waals surface area contributed by atoms with Gasteiger partial charge in [0.1, 0.15) is 0 Å². The minimum absolute atomic E-state index is 0.0802. The normalized spacial score (nSPS) is 12.8. The SMILES string of the molecule is Cc1cc(CC(N)c2cccc3cccnc23)n(C)n1. The summed E-state index contributed by atoms with van der Waals surface area (Å²) in [6, 6.07) is 12.2. The van der Waals surface area contributed by atoms with Crippen molar-refractivity contribution in [2.24, 2.45) is 12.8 Å². The predicted molar refractivity (Wildman–Crippen MR) is 80.3 cm³/mol. The second kappa shape index (κ2) is 5.06. The van der Waals surface area contributed by atoms with Gasteiger partial charge in [0.15, 0.2) is 0 Å². The molecule has 102 valence electrons. The van der Waals surface area contributed by atoms with Gasteiger partial charge in [-0.15, -0.1) is 0 Å². The molecule has 0 saturated carbocycles. The van der Waals surface area contributed by atoms with E-state index in [1.807, 2.05) is 37.0 Å². The van der Waals surface area contributed by atoms with Crippen molar-refractivity contribution in [2.75, 3.05) is 0 Å². The average Bonchev–Trinajstić information content (AvgIpc) is 2.76. The van der Waals surface area contributed by atoms with Crippen LogP contribution in [0.25, 0.3) is 10.9 Å². The fourth-order valence-corrected chi connectivity index (χ4v) is 2.62. The fourth-order valence-electron chi connectivity index (χ4n) is 2.62. The number of rotatable bonds is 3. The number of pyridine rings is 1. The molecule has 0 radical (unpaired) electrons. The predicted octanol–water partition coefficient (Wildman–Crippen LogP) is 2.52. The molecule has 0 aliphatic carbocycles. The molecule has 2 heterocycles. The fraction of sp³-hybridized carbons (Fsp3) is 0.250. The third-order valence-electron chi connectivity index (χ3n) is 3.59. The summed E-state index contributed by atoms with van der Waals surface area (Å²) in [5.74, 6) is 0. The Hall–Kier alpha value is -2.20. The lowest BCUT2D eigenvalue weighted by atomic mass is 9.99. The van der Waals surface area contributed by atoms with Crippen LogP contribution in [-0.4, -0.2) is 14.8 Å². The third-order valence-corrected chi connectivity index (χ3v) is 3.59. The summed E-state index contributed by atoms with van der Waals surface area (Å²) >= 11 is 0. The number of aromatic nitrogens is 3. The zero-order valence-corrected chi connectivity index (χ0v) is 11.7. The number of fused-ring (bicyclic) bond motifs is 1. The Morgan fingerprint density at radius 1 is 1.25 bits per heavy atom. The molecule has 1 atom stereocenters. The molecule has 3 rings (SSSR count). The van der Waals surface area contributed by atoms with Crippen LogP contribution in [0.2, 0.25) is 0 Å². The molecule has 0 saturated heterocycles. The van der Waals surface area contributed by atoms with Crippen molar-refractivity contribution in [3.8, 4) is 0 Å². The van der Waals surface area contributed by atoms with Crippen LogP contribution in [0.3, 0.4) is 0 Å². The van der Waals surface area contributed by atoms with E-state index in [1.165, 1.54) is 0 Å². The Balaban J connectivity index is 1.96. The molecule has 1 aromatic carbocycles. The minimum Gasteiger partial charge on any atom is -0.324 e. The first-order valence-electron chi connectivity index (χ1n) is 6.74. The lowest BCUT2D eigenvalue weighted by Crippen LogP contribution is -2.16. The monoisotopic (exact) mass is 266 g/mol. The van der Waals surface area contributed by atoms with Gasteiger partial charge in [-0.3, -0.25) is 9.67 Å². The molecule has 0 amide bonds. The molecule has 2 aromatic heterocycles. The molecule has 0 spiro atoms. The van der Waals surface area contributed by atoms with Crippen LogP contribution in [0.15, 0.2) is 42.6 Å². The first-order valence-corrected chi connectivity index (χ1v) is 6.74. The van der Waals surface area contributed by atoms with E-state index in [1.54, 1.807) is 0 Å². The van der Waals surface area contributed by atoms with Gasteiger partial charge in [0.05, 0.1) is 11.2 Å². The summed E-state index contributed by atoms with van der Waals surface area (Å²) in [5.41, 5.74) is 10.6. The van der Waals surface area contributed by atoms with Crippen molar-refractivity contribution in [1.29, 1.82) is 0 Å². The summed E-state index contributed by atoms with van der Waals surface area (Å²) in [7, 11) is 1.95. The number of hydrogen-bond donors (Lipinski definition) is 1. The van der Waals surface area contributed by atoms with Crippen LogP contribution in [0.4, 0.5) is 0 Å². The van der Waals surface area contributed by atoms with E-state index in [4.69, 9.17) is 5.73 Å². The highest BCUT2D eigenvalue weighted by atomic mass is 15.3. The molecule has 0 aliphatic heterocycles. The number of hydrogen-bond acceptors (Lipinski definition) is 3. The summed E-state index contributed by atoms with van der Waals surface area (Å²) < 4.78 is 1.90. The van der Waals surface area contributed by atoms with Crippen molar-refractivity contribution in [3.05, 3.63) is 59.5 Å². The van der Waals surface area contributed by atoms with Crippen molar-refractivity contribution in [2.45, 2.75) is 19.4 Å². The molecular weight excluding hydrogens is 248 g/mol. The lowest BCUT2D eigenvalue weighted by Gasteiger charge is -2.14. The van der Waals surface area contributed by atoms with Gasteiger partial charge in [-0.05, 0) is 24.6 Å². The smallest absolute Gasteiger partial charge is 0.0749 e. The summed E-state index contributed by atoms with van der Waals surface area (Å²) in [5, 5.41) is 5.49. The molecule has 0 fully saturated rings. The Morgan fingerprint density at radius 2 is 2.05 bits per heavy atom. The van der Waals surface area contributed by atoms with E-state index >= 15 is 0 Å². The molecule has 2 N–H and O–H groups in total. The molecule has 3 aromatic rings. The maximum atomic E-state index is 6.39. The summed E-state index contributed by atoms with van der Waals surface area (Å²) in [6.45, 7) is 1.99. The third kappa shape index (κ3) is 2.30. The average molecular weight is 266 g/mol. The number of benzene rings is 1. The van der Waals surface area contributed by atoms with E-state index in [2.05, 4.69) is 34.3 Å². The first kappa shape index (κ1) is 12.8. The molecule has 4 heteroatoms. The van der Waals surface area contributed by atoms with Gasteiger partial charge in [-0.1, -0.05) is 24.3 Å². The van der Waals surface area contributed by atoms with E-state index in [9.17, 15) is 0 Å². The van der Waals surface area contributed by atoms with Crippen molar-refractivity contribution in [1.82, 2.24) is 14.8 Å².